The normalized spacial score (nSPS) is 12.5. The van der Waals surface area contributed by atoms with Gasteiger partial charge in [0, 0.05) is 10.4 Å². The Kier molecular flexibility index (Phi) is 8.88. The molecule has 0 bridgehead atoms. The summed E-state index contributed by atoms with van der Waals surface area (Å²) in [6.07, 6.45) is 0. The van der Waals surface area contributed by atoms with Crippen LogP contribution in [0.2, 0.25) is 5.02 Å². The molecule has 4 nitrogen and oxygen atoms in total. The first-order chi connectivity index (χ1) is 23.3. The van der Waals surface area contributed by atoms with Crippen LogP contribution in [0.5, 0.6) is 0 Å². The molecule has 1 N–H and O–H groups in total. The van der Waals surface area contributed by atoms with Crippen molar-refractivity contribution in [1.29, 1.82) is 0 Å². The second-order valence-corrected chi connectivity index (χ2v) is 15.0. The Balaban J connectivity index is 1.50. The molecule has 0 radical (unpaired) electrons. The average molecular weight is 686 g/mol. The number of anilines is 1. The van der Waals surface area contributed by atoms with Gasteiger partial charge in [-0.25, -0.2) is 8.42 Å². The highest BCUT2D eigenvalue weighted by Gasteiger charge is 2.42. The smallest absolute Gasteiger partial charge is 0.262 e. The largest absolute Gasteiger partial charge is 0.457 e. The van der Waals surface area contributed by atoms with Gasteiger partial charge in [-0.3, -0.25) is 4.72 Å². The molecule has 48 heavy (non-hydrogen) atoms. The number of halogens is 1. The van der Waals surface area contributed by atoms with E-state index in [-0.39, 0.29) is 4.90 Å². The average Bonchev–Trinajstić information content (AvgIpc) is 3.48. The summed E-state index contributed by atoms with van der Waals surface area (Å²) in [6.45, 7) is 1.93. The van der Waals surface area contributed by atoms with E-state index < -0.39 is 20.0 Å². The van der Waals surface area contributed by atoms with Gasteiger partial charge in [-0.1, -0.05) is 145 Å². The Hall–Kier alpha value is -4.75. The summed E-state index contributed by atoms with van der Waals surface area (Å²) in [6, 6.07) is 53.3. The number of hydrogen-bond donors (Lipinski definition) is 1. The number of aryl methyl sites for hydroxylation is 1. The van der Waals surface area contributed by atoms with Crippen molar-refractivity contribution in [1.82, 2.24) is 0 Å². The minimum Gasteiger partial charge on any atom is -0.457 e. The molecule has 1 aromatic heterocycles. The van der Waals surface area contributed by atoms with Crippen LogP contribution in [-0.2, 0) is 14.8 Å². The lowest BCUT2D eigenvalue weighted by Crippen LogP contribution is -2.27. The summed E-state index contributed by atoms with van der Waals surface area (Å²) in [7, 11) is -3.98. The number of hydrogen-bond acceptors (Lipinski definition) is 4. The first-order valence-electron chi connectivity index (χ1n) is 15.6. The summed E-state index contributed by atoms with van der Waals surface area (Å²) < 4.78 is 36.9. The maximum Gasteiger partial charge on any atom is 0.262 e. The Labute approximate surface area is 290 Å². The predicted molar refractivity (Wildman–Crippen MR) is 198 cm³/mol. The Morgan fingerprint density at radius 2 is 1.15 bits per heavy atom. The van der Waals surface area contributed by atoms with Crippen molar-refractivity contribution in [3.8, 4) is 0 Å². The number of thioether (sulfide) groups is 1. The molecule has 0 saturated carbocycles. The fourth-order valence-electron chi connectivity index (χ4n) is 6.07. The molecule has 7 rings (SSSR count). The Morgan fingerprint density at radius 1 is 0.646 bits per heavy atom. The summed E-state index contributed by atoms with van der Waals surface area (Å²) >= 11 is 8.11. The molecular weight excluding hydrogens is 654 g/mol. The quantitative estimate of drug-likeness (QED) is 0.146. The first kappa shape index (κ1) is 31.8. The summed E-state index contributed by atoms with van der Waals surface area (Å²) in [5.74, 6) is 0.492. The number of rotatable bonds is 10. The highest BCUT2D eigenvalue weighted by Crippen LogP contribution is 2.57. The van der Waals surface area contributed by atoms with Crippen LogP contribution in [0.15, 0.2) is 173 Å². The van der Waals surface area contributed by atoms with E-state index >= 15 is 0 Å². The molecule has 1 unspecified atom stereocenters. The van der Waals surface area contributed by atoms with Gasteiger partial charge in [-0.15, -0.1) is 11.8 Å². The van der Waals surface area contributed by atoms with Crippen molar-refractivity contribution in [2.75, 3.05) is 4.72 Å². The zero-order valence-electron chi connectivity index (χ0n) is 26.1. The third kappa shape index (κ3) is 6.15. The second-order valence-electron chi connectivity index (χ2n) is 11.6. The van der Waals surface area contributed by atoms with E-state index in [9.17, 15) is 8.42 Å². The molecule has 0 spiro atoms. The number of sulfonamides is 1. The number of benzene rings is 6. The zero-order chi connectivity index (χ0) is 33.1. The van der Waals surface area contributed by atoms with E-state index in [1.807, 2.05) is 73.7 Å². The molecule has 238 valence electrons. The van der Waals surface area contributed by atoms with Crippen LogP contribution in [-0.4, -0.2) is 8.42 Å². The van der Waals surface area contributed by atoms with Gasteiger partial charge in [-0.2, -0.15) is 0 Å². The van der Waals surface area contributed by atoms with Crippen LogP contribution < -0.4 is 4.72 Å². The van der Waals surface area contributed by atoms with Crippen LogP contribution in [0.3, 0.4) is 0 Å². The SMILES string of the molecule is Cc1ccc(S(=O)(=O)Nc2c(C(SC(c3ccccc3)(c3ccccc3)c3ccccc3)c3ccc(Cl)cc3)oc3ccccc23)cc1. The lowest BCUT2D eigenvalue weighted by molar-refractivity contribution is 0.559. The molecule has 0 saturated heterocycles. The summed E-state index contributed by atoms with van der Waals surface area (Å²) in [4.78, 5) is 0.173. The maximum atomic E-state index is 14.0. The number of fused-ring (bicyclic) bond motifs is 1. The third-order valence-electron chi connectivity index (χ3n) is 8.44. The number of nitrogens with one attached hydrogen (secondary N) is 1. The Morgan fingerprint density at radius 3 is 1.69 bits per heavy atom. The topological polar surface area (TPSA) is 59.3 Å². The van der Waals surface area contributed by atoms with E-state index in [0.717, 1.165) is 27.8 Å². The van der Waals surface area contributed by atoms with E-state index in [4.69, 9.17) is 16.0 Å². The van der Waals surface area contributed by atoms with Gasteiger partial charge in [0.1, 0.15) is 11.3 Å². The molecule has 0 aliphatic heterocycles. The van der Waals surface area contributed by atoms with Gasteiger partial charge >= 0.3 is 0 Å². The van der Waals surface area contributed by atoms with Crippen LogP contribution in [0.4, 0.5) is 5.69 Å². The van der Waals surface area contributed by atoms with Crippen molar-refractivity contribution < 1.29 is 12.8 Å². The summed E-state index contributed by atoms with van der Waals surface area (Å²) in [5, 5.41) is 0.784. The van der Waals surface area contributed by atoms with Crippen molar-refractivity contribution >= 4 is 50.0 Å². The molecule has 7 aromatic rings. The monoisotopic (exact) mass is 685 g/mol. The molecule has 0 aliphatic rings. The molecule has 0 amide bonds. The van der Waals surface area contributed by atoms with Crippen molar-refractivity contribution in [2.24, 2.45) is 0 Å². The van der Waals surface area contributed by atoms with E-state index in [1.54, 1.807) is 36.0 Å². The highest BCUT2D eigenvalue weighted by molar-refractivity contribution is 8.01. The molecule has 6 aromatic carbocycles. The van der Waals surface area contributed by atoms with Crippen LogP contribution in [0.1, 0.15) is 38.8 Å². The van der Waals surface area contributed by atoms with Gasteiger partial charge < -0.3 is 4.42 Å². The number of para-hydroxylation sites is 1. The lowest BCUT2D eigenvalue weighted by Gasteiger charge is -2.38. The molecule has 1 atom stereocenters. The lowest BCUT2D eigenvalue weighted by atomic mass is 9.84. The molecule has 0 aliphatic carbocycles. The molecule has 0 fully saturated rings. The van der Waals surface area contributed by atoms with Gasteiger partial charge in [0.15, 0.2) is 0 Å². The molecular formula is C41H32ClNO3S2. The molecule has 7 heteroatoms. The fourth-order valence-corrected chi connectivity index (χ4v) is 9.03. The zero-order valence-corrected chi connectivity index (χ0v) is 28.5. The van der Waals surface area contributed by atoms with Gasteiger partial charge in [0.05, 0.1) is 20.6 Å². The molecule has 1 heterocycles. The van der Waals surface area contributed by atoms with Crippen molar-refractivity contribution in [3.63, 3.8) is 0 Å². The van der Waals surface area contributed by atoms with Crippen molar-refractivity contribution in [3.05, 3.63) is 202 Å². The van der Waals surface area contributed by atoms with E-state index in [2.05, 4.69) is 77.5 Å². The van der Waals surface area contributed by atoms with E-state index in [0.29, 0.717) is 27.4 Å². The van der Waals surface area contributed by atoms with Crippen LogP contribution in [0, 0.1) is 6.92 Å². The van der Waals surface area contributed by atoms with Gasteiger partial charge in [0.25, 0.3) is 10.0 Å². The van der Waals surface area contributed by atoms with Crippen LogP contribution >= 0.6 is 23.4 Å². The number of furan rings is 1. The highest BCUT2D eigenvalue weighted by atomic mass is 35.5. The van der Waals surface area contributed by atoms with Crippen molar-refractivity contribution in [2.45, 2.75) is 21.8 Å². The minimum absolute atomic E-state index is 0.173. The minimum atomic E-state index is -3.98. The maximum absolute atomic E-state index is 14.0. The standard InChI is InChI=1S/C41H32ClNO3S2/c1-29-21-27-35(28-22-29)48(44,45)43-38-36-19-11-12-20-37(36)46-39(38)40(30-23-25-34(42)26-24-30)47-41(31-13-5-2-6-14-31,32-15-7-3-8-16-32)33-17-9-4-10-18-33/h2-28,40,43H,1H3. The predicted octanol–water partition coefficient (Wildman–Crippen LogP) is 11.0. The van der Waals surface area contributed by atoms with Crippen LogP contribution in [0.25, 0.3) is 11.0 Å². The Bertz CT molecular complexity index is 2160. The van der Waals surface area contributed by atoms with Gasteiger partial charge in [-0.05, 0) is 65.6 Å². The first-order valence-corrected chi connectivity index (χ1v) is 18.3. The third-order valence-corrected chi connectivity index (χ3v) is 11.8. The van der Waals surface area contributed by atoms with E-state index in [1.165, 1.54) is 0 Å². The summed E-state index contributed by atoms with van der Waals surface area (Å²) in [5.41, 5.74) is 6.09. The fraction of sp³-hybridized carbons (Fsp3) is 0.0732. The van der Waals surface area contributed by atoms with Gasteiger partial charge in [0.2, 0.25) is 0 Å². The second kappa shape index (κ2) is 13.4.